The molecule has 0 saturated carbocycles. The van der Waals surface area contributed by atoms with E-state index in [1.807, 2.05) is 44.2 Å². The molecule has 5 aromatic heterocycles. The molecule has 9 heteroatoms. The zero-order chi connectivity index (χ0) is 25.5. The molecule has 0 bridgehead atoms. The largest absolute Gasteiger partial charge is 0.353 e. The van der Waals surface area contributed by atoms with Crippen molar-refractivity contribution >= 4 is 44.7 Å². The van der Waals surface area contributed by atoms with Crippen molar-refractivity contribution in [2.75, 3.05) is 5.32 Å². The van der Waals surface area contributed by atoms with E-state index in [1.54, 1.807) is 24.7 Å². The van der Waals surface area contributed by atoms with Gasteiger partial charge in [-0.05, 0) is 53.9 Å². The maximum absolute atomic E-state index is 13.7. The number of thiophene rings is 1. The molecule has 0 atom stereocenters. The summed E-state index contributed by atoms with van der Waals surface area (Å²) in [7, 11) is 0. The third kappa shape index (κ3) is 4.49. The van der Waals surface area contributed by atoms with Crippen LogP contribution in [0.5, 0.6) is 0 Å². The summed E-state index contributed by atoms with van der Waals surface area (Å²) in [5.41, 5.74) is 6.63. The van der Waals surface area contributed by atoms with Crippen molar-refractivity contribution in [2.24, 2.45) is 5.92 Å². The molecule has 7 nitrogen and oxygen atoms in total. The number of hydrogen-bond acceptors (Lipinski definition) is 5. The minimum absolute atomic E-state index is 0.0283. The van der Waals surface area contributed by atoms with Gasteiger partial charge in [0, 0.05) is 40.7 Å². The number of rotatable bonds is 6. The lowest BCUT2D eigenvalue weighted by Gasteiger charge is -2.09. The molecule has 0 radical (unpaired) electrons. The van der Waals surface area contributed by atoms with Crippen molar-refractivity contribution in [3.63, 3.8) is 0 Å². The summed E-state index contributed by atoms with van der Waals surface area (Å²) in [6.45, 7) is 4.02. The molecule has 0 aliphatic heterocycles. The average molecular weight is 511 g/mol. The molecular formula is C28H23FN6OS. The van der Waals surface area contributed by atoms with Gasteiger partial charge in [-0.1, -0.05) is 19.9 Å². The maximum atomic E-state index is 13.7. The molecule has 5 heterocycles. The monoisotopic (exact) mass is 510 g/mol. The van der Waals surface area contributed by atoms with Crippen molar-refractivity contribution < 1.29 is 9.18 Å². The van der Waals surface area contributed by atoms with E-state index < -0.39 is 0 Å². The fourth-order valence-corrected chi connectivity index (χ4v) is 5.21. The Bertz CT molecular complexity index is 1770. The van der Waals surface area contributed by atoms with Crippen LogP contribution in [0.15, 0.2) is 67.1 Å². The molecule has 3 N–H and O–H groups in total. The van der Waals surface area contributed by atoms with Crippen molar-refractivity contribution in [3.05, 3.63) is 72.3 Å². The van der Waals surface area contributed by atoms with Crippen molar-refractivity contribution in [1.82, 2.24) is 25.1 Å². The third-order valence-electron chi connectivity index (χ3n) is 6.12. The van der Waals surface area contributed by atoms with E-state index in [9.17, 15) is 9.18 Å². The Balaban J connectivity index is 1.38. The molecule has 0 fully saturated rings. The SMILES string of the molecule is CC(C)CC(=O)Nc1cncc(-c2ccc3[nH]nc(-c4cc5c(-c6ccc(F)s6)nccc5[nH]4)c3c2)c1. The molecule has 0 aliphatic rings. The molecule has 0 unspecified atom stereocenters. The molecule has 6 rings (SSSR count). The molecule has 0 aliphatic carbocycles. The van der Waals surface area contributed by atoms with Crippen LogP contribution in [0, 0.1) is 11.0 Å². The predicted octanol–water partition coefficient (Wildman–Crippen LogP) is 7.02. The van der Waals surface area contributed by atoms with Crippen molar-refractivity contribution in [2.45, 2.75) is 20.3 Å². The van der Waals surface area contributed by atoms with E-state index in [-0.39, 0.29) is 17.0 Å². The van der Waals surface area contributed by atoms with E-state index in [4.69, 9.17) is 0 Å². The second kappa shape index (κ2) is 9.25. The summed E-state index contributed by atoms with van der Waals surface area (Å²) in [6.07, 6.45) is 5.60. The number of fused-ring (bicyclic) bond motifs is 2. The number of anilines is 1. The summed E-state index contributed by atoms with van der Waals surface area (Å²) in [5, 5.41) is 12.2. The number of hydrogen-bond donors (Lipinski definition) is 3. The number of aromatic amines is 2. The quantitative estimate of drug-likeness (QED) is 0.224. The lowest BCUT2D eigenvalue weighted by Crippen LogP contribution is -2.13. The van der Waals surface area contributed by atoms with E-state index in [1.165, 1.54) is 6.07 Å². The Labute approximate surface area is 215 Å². The summed E-state index contributed by atoms with van der Waals surface area (Å²) < 4.78 is 13.7. The van der Waals surface area contributed by atoms with Gasteiger partial charge in [-0.25, -0.2) is 0 Å². The number of nitrogens with one attached hydrogen (secondary N) is 3. The van der Waals surface area contributed by atoms with Gasteiger partial charge in [-0.15, -0.1) is 11.3 Å². The summed E-state index contributed by atoms with van der Waals surface area (Å²) >= 11 is 1.07. The number of carbonyl (C=O) groups is 1. The van der Waals surface area contributed by atoms with Crippen LogP contribution in [-0.2, 0) is 4.79 Å². The Kier molecular flexibility index (Phi) is 5.77. The lowest BCUT2D eigenvalue weighted by atomic mass is 10.0. The van der Waals surface area contributed by atoms with Gasteiger partial charge in [0.25, 0.3) is 0 Å². The maximum Gasteiger partial charge on any atom is 0.224 e. The van der Waals surface area contributed by atoms with E-state index in [0.29, 0.717) is 12.1 Å². The number of amides is 1. The van der Waals surface area contributed by atoms with Gasteiger partial charge in [0.2, 0.25) is 5.91 Å². The van der Waals surface area contributed by atoms with Crippen LogP contribution in [0.4, 0.5) is 10.1 Å². The van der Waals surface area contributed by atoms with Crippen molar-refractivity contribution in [1.29, 1.82) is 0 Å². The second-order valence-electron chi connectivity index (χ2n) is 9.35. The Morgan fingerprint density at radius 1 is 1.00 bits per heavy atom. The van der Waals surface area contributed by atoms with E-state index >= 15 is 0 Å². The minimum Gasteiger partial charge on any atom is -0.353 e. The Morgan fingerprint density at radius 3 is 2.68 bits per heavy atom. The van der Waals surface area contributed by atoms with Gasteiger partial charge >= 0.3 is 0 Å². The first kappa shape index (κ1) is 23.1. The summed E-state index contributed by atoms with van der Waals surface area (Å²) in [4.78, 5) is 25.3. The number of aromatic nitrogens is 5. The molecule has 0 saturated heterocycles. The molecule has 184 valence electrons. The standard InChI is InChI=1S/C28H23FN6OS/c1-15(2)9-26(36)32-18-10-17(13-30-14-18)16-3-4-22-19(11-16)27(35-34-22)23-12-20-21(33-23)7-8-31-28(20)24-5-6-25(29)37-24/h3-8,10-15,33H,9H2,1-2H3,(H,32,36)(H,34,35). The number of H-pyrrole nitrogens is 2. The highest BCUT2D eigenvalue weighted by Crippen LogP contribution is 2.36. The number of benzene rings is 1. The first-order valence-corrected chi connectivity index (χ1v) is 12.7. The van der Waals surface area contributed by atoms with Gasteiger partial charge in [0.1, 0.15) is 5.69 Å². The van der Waals surface area contributed by atoms with Crippen LogP contribution in [0.3, 0.4) is 0 Å². The Morgan fingerprint density at radius 2 is 1.86 bits per heavy atom. The van der Waals surface area contributed by atoms with Crippen LogP contribution in [0.1, 0.15) is 20.3 Å². The number of halogens is 1. The predicted molar refractivity (Wildman–Crippen MR) is 146 cm³/mol. The summed E-state index contributed by atoms with van der Waals surface area (Å²) in [6, 6.07) is 15.1. The zero-order valence-corrected chi connectivity index (χ0v) is 21.0. The van der Waals surface area contributed by atoms with E-state index in [2.05, 4.69) is 36.5 Å². The first-order valence-electron chi connectivity index (χ1n) is 11.9. The van der Waals surface area contributed by atoms with Crippen LogP contribution in [-0.4, -0.2) is 31.1 Å². The lowest BCUT2D eigenvalue weighted by molar-refractivity contribution is -0.116. The highest BCUT2D eigenvalue weighted by atomic mass is 32.1. The smallest absolute Gasteiger partial charge is 0.224 e. The zero-order valence-electron chi connectivity index (χ0n) is 20.2. The van der Waals surface area contributed by atoms with Crippen molar-refractivity contribution in [3.8, 4) is 33.1 Å². The molecule has 0 spiro atoms. The van der Waals surface area contributed by atoms with Crippen LogP contribution in [0.25, 0.3) is 54.9 Å². The van der Waals surface area contributed by atoms with Crippen LogP contribution in [0.2, 0.25) is 0 Å². The second-order valence-corrected chi connectivity index (χ2v) is 10.4. The van der Waals surface area contributed by atoms with E-state index in [0.717, 1.165) is 66.2 Å². The molecule has 6 aromatic rings. The van der Waals surface area contributed by atoms with Gasteiger partial charge in [0.15, 0.2) is 5.13 Å². The van der Waals surface area contributed by atoms with Gasteiger partial charge in [-0.3, -0.25) is 19.9 Å². The number of pyridine rings is 2. The number of nitrogens with zero attached hydrogens (tertiary/aromatic N) is 3. The number of carbonyl (C=O) groups excluding carboxylic acids is 1. The minimum atomic E-state index is -0.242. The third-order valence-corrected chi connectivity index (χ3v) is 7.00. The first-order chi connectivity index (χ1) is 17.9. The van der Waals surface area contributed by atoms with Crippen LogP contribution >= 0.6 is 11.3 Å². The fraction of sp³-hybridized carbons (Fsp3) is 0.143. The summed E-state index contributed by atoms with van der Waals surface area (Å²) in [5.74, 6) is 0.250. The average Bonchev–Trinajstić information content (AvgIpc) is 3.60. The molecule has 1 amide bonds. The molecular weight excluding hydrogens is 487 g/mol. The molecule has 1 aromatic carbocycles. The fourth-order valence-electron chi connectivity index (χ4n) is 4.47. The van der Waals surface area contributed by atoms with Crippen LogP contribution < -0.4 is 5.32 Å². The van der Waals surface area contributed by atoms with Gasteiger partial charge < -0.3 is 10.3 Å². The normalized spacial score (nSPS) is 11.6. The van der Waals surface area contributed by atoms with Gasteiger partial charge in [-0.2, -0.15) is 9.49 Å². The topological polar surface area (TPSA) is 99.3 Å². The highest BCUT2D eigenvalue weighted by Gasteiger charge is 2.16. The van der Waals surface area contributed by atoms with Gasteiger partial charge in [0.05, 0.1) is 33.7 Å². The highest BCUT2D eigenvalue weighted by molar-refractivity contribution is 7.13. The molecule has 37 heavy (non-hydrogen) atoms. The Hall–Kier alpha value is -4.37.